The molecule has 1 unspecified atom stereocenters. The van der Waals surface area contributed by atoms with Gasteiger partial charge in [0, 0.05) is 25.4 Å². The molecule has 1 atom stereocenters. The van der Waals surface area contributed by atoms with Crippen molar-refractivity contribution in [3.63, 3.8) is 0 Å². The number of carbonyl (C=O) groups is 1. The lowest BCUT2D eigenvalue weighted by Crippen LogP contribution is -2.36. The van der Waals surface area contributed by atoms with Gasteiger partial charge in [0.1, 0.15) is 5.82 Å². The van der Waals surface area contributed by atoms with Gasteiger partial charge in [-0.1, -0.05) is 22.8 Å². The Bertz CT molecular complexity index is 713. The third-order valence-corrected chi connectivity index (χ3v) is 3.73. The van der Waals surface area contributed by atoms with Gasteiger partial charge in [0.05, 0.1) is 22.8 Å². The highest BCUT2D eigenvalue weighted by atomic mass is 35.5. The smallest absolute Gasteiger partial charge is 0.264 e. The first-order chi connectivity index (χ1) is 11.1. The van der Waals surface area contributed by atoms with Crippen LogP contribution in [0, 0.1) is 5.82 Å². The van der Waals surface area contributed by atoms with E-state index in [0.717, 1.165) is 0 Å². The van der Waals surface area contributed by atoms with Gasteiger partial charge in [0.25, 0.3) is 5.91 Å². The van der Waals surface area contributed by atoms with Gasteiger partial charge in [0.2, 0.25) is 6.10 Å². The lowest BCUT2D eigenvalue weighted by molar-refractivity contribution is -0.131. The summed E-state index contributed by atoms with van der Waals surface area (Å²) in [6, 6.07) is 6.18. The minimum Gasteiger partial charge on any atom is -0.382 e. The predicted molar refractivity (Wildman–Crippen MR) is 82.7 cm³/mol. The molecule has 2 heterocycles. The highest BCUT2D eigenvalue weighted by Crippen LogP contribution is 2.25. The summed E-state index contributed by atoms with van der Waals surface area (Å²) in [5.74, 6) is -0.789. The molecule has 0 radical (unpaired) electrons. The second-order valence-corrected chi connectivity index (χ2v) is 5.40. The van der Waals surface area contributed by atoms with Crippen molar-refractivity contribution >= 4 is 23.2 Å². The Balaban J connectivity index is 1.55. The number of carbonyl (C=O) groups excluding carboxylic acids is 1. The average Bonchev–Trinajstić information content (AvgIpc) is 3.18. The van der Waals surface area contributed by atoms with Crippen LogP contribution < -0.4 is 5.32 Å². The summed E-state index contributed by atoms with van der Waals surface area (Å²) in [6.07, 6.45) is 2.87. The number of nitrogens with zero attached hydrogens (tertiary/aromatic N) is 3. The molecular weight excluding hydrogens is 323 g/mol. The fraction of sp³-hybridized carbons (Fsp3) is 0.267. The Morgan fingerprint density at radius 1 is 1.48 bits per heavy atom. The molecule has 2 aromatic rings. The Labute approximate surface area is 136 Å². The fourth-order valence-corrected chi connectivity index (χ4v) is 2.55. The zero-order valence-electron chi connectivity index (χ0n) is 12.1. The normalized spacial score (nSPS) is 16.8. The number of oxime groups is 1. The maximum Gasteiger partial charge on any atom is 0.264 e. The molecule has 3 rings (SSSR count). The van der Waals surface area contributed by atoms with Crippen LogP contribution in [0.1, 0.15) is 12.0 Å². The number of benzene rings is 1. The summed E-state index contributed by atoms with van der Waals surface area (Å²) in [5.41, 5.74) is 0.515. The van der Waals surface area contributed by atoms with Crippen molar-refractivity contribution < 1.29 is 14.0 Å². The molecule has 1 aliphatic rings. The van der Waals surface area contributed by atoms with E-state index in [4.69, 9.17) is 16.4 Å². The van der Waals surface area contributed by atoms with Crippen molar-refractivity contribution in [2.75, 3.05) is 6.54 Å². The molecule has 1 aliphatic heterocycles. The second-order valence-electron chi connectivity index (χ2n) is 4.99. The molecule has 1 amide bonds. The van der Waals surface area contributed by atoms with Crippen LogP contribution in [0.15, 0.2) is 41.8 Å². The summed E-state index contributed by atoms with van der Waals surface area (Å²) in [7, 11) is 0. The van der Waals surface area contributed by atoms with Crippen LogP contribution in [0.25, 0.3) is 0 Å². The quantitative estimate of drug-likeness (QED) is 0.907. The number of halogens is 2. The Kier molecular flexibility index (Phi) is 4.57. The third kappa shape index (κ3) is 3.50. The van der Waals surface area contributed by atoms with Crippen LogP contribution in [0.5, 0.6) is 0 Å². The molecule has 8 heteroatoms. The molecular formula is C15H14ClFN4O2. The first-order valence-corrected chi connectivity index (χ1v) is 7.45. The molecule has 0 bridgehead atoms. The SMILES string of the molecule is O=C(NCCn1cccn1)C1CC(c2c(F)cccc2Cl)=NO1. The van der Waals surface area contributed by atoms with E-state index in [1.54, 1.807) is 29.2 Å². The Morgan fingerprint density at radius 2 is 2.35 bits per heavy atom. The van der Waals surface area contributed by atoms with Crippen molar-refractivity contribution in [2.45, 2.75) is 19.1 Å². The van der Waals surface area contributed by atoms with Crippen LogP contribution in [0.2, 0.25) is 5.02 Å². The van der Waals surface area contributed by atoms with E-state index in [-0.39, 0.29) is 22.9 Å². The van der Waals surface area contributed by atoms with Gasteiger partial charge in [-0.3, -0.25) is 9.48 Å². The van der Waals surface area contributed by atoms with E-state index in [1.165, 1.54) is 12.1 Å². The minimum atomic E-state index is -0.779. The molecule has 0 saturated heterocycles. The number of amides is 1. The topological polar surface area (TPSA) is 68.5 Å². The van der Waals surface area contributed by atoms with Crippen LogP contribution in [0.4, 0.5) is 4.39 Å². The number of hydrogen-bond donors (Lipinski definition) is 1. The lowest BCUT2D eigenvalue weighted by Gasteiger charge is -2.09. The van der Waals surface area contributed by atoms with E-state index >= 15 is 0 Å². The molecule has 1 aromatic heterocycles. The molecule has 120 valence electrons. The zero-order valence-corrected chi connectivity index (χ0v) is 12.8. The number of aromatic nitrogens is 2. The van der Waals surface area contributed by atoms with Gasteiger partial charge in [-0.15, -0.1) is 0 Å². The highest BCUT2D eigenvalue weighted by molar-refractivity contribution is 6.34. The van der Waals surface area contributed by atoms with Crippen molar-refractivity contribution in [2.24, 2.45) is 5.16 Å². The molecule has 23 heavy (non-hydrogen) atoms. The van der Waals surface area contributed by atoms with Gasteiger partial charge >= 0.3 is 0 Å². The van der Waals surface area contributed by atoms with Gasteiger partial charge < -0.3 is 10.2 Å². The van der Waals surface area contributed by atoms with E-state index < -0.39 is 11.9 Å². The number of nitrogens with one attached hydrogen (secondary N) is 1. The number of hydrogen-bond acceptors (Lipinski definition) is 4. The molecule has 0 spiro atoms. The van der Waals surface area contributed by atoms with Gasteiger partial charge in [-0.05, 0) is 18.2 Å². The van der Waals surface area contributed by atoms with Crippen LogP contribution in [-0.2, 0) is 16.2 Å². The van der Waals surface area contributed by atoms with Crippen LogP contribution >= 0.6 is 11.6 Å². The second kappa shape index (κ2) is 6.78. The third-order valence-electron chi connectivity index (χ3n) is 3.41. The largest absolute Gasteiger partial charge is 0.382 e. The van der Waals surface area contributed by atoms with Crippen LogP contribution in [-0.4, -0.2) is 34.0 Å². The van der Waals surface area contributed by atoms with Gasteiger partial charge in [-0.2, -0.15) is 5.10 Å². The summed E-state index contributed by atoms with van der Waals surface area (Å²) in [4.78, 5) is 17.2. The van der Waals surface area contributed by atoms with Gasteiger partial charge in [-0.25, -0.2) is 4.39 Å². The first kappa shape index (κ1) is 15.5. The average molecular weight is 337 g/mol. The van der Waals surface area contributed by atoms with Crippen molar-refractivity contribution in [3.8, 4) is 0 Å². The molecule has 1 N–H and O–H groups in total. The zero-order chi connectivity index (χ0) is 16.2. The number of rotatable bonds is 5. The summed E-state index contributed by atoms with van der Waals surface area (Å²) in [6.45, 7) is 0.967. The highest BCUT2D eigenvalue weighted by Gasteiger charge is 2.30. The summed E-state index contributed by atoms with van der Waals surface area (Å²) < 4.78 is 15.6. The first-order valence-electron chi connectivity index (χ1n) is 7.07. The molecule has 0 saturated carbocycles. The Hall–Kier alpha value is -2.41. The summed E-state index contributed by atoms with van der Waals surface area (Å²) >= 11 is 5.99. The van der Waals surface area contributed by atoms with Crippen molar-refractivity contribution in [1.29, 1.82) is 0 Å². The monoisotopic (exact) mass is 336 g/mol. The maximum atomic E-state index is 13.9. The fourth-order valence-electron chi connectivity index (χ4n) is 2.28. The minimum absolute atomic E-state index is 0.175. The van der Waals surface area contributed by atoms with E-state index in [1.807, 2.05) is 0 Å². The van der Waals surface area contributed by atoms with Crippen LogP contribution in [0.3, 0.4) is 0 Å². The van der Waals surface area contributed by atoms with E-state index in [0.29, 0.717) is 18.8 Å². The molecule has 1 aromatic carbocycles. The van der Waals surface area contributed by atoms with Crippen molar-refractivity contribution in [3.05, 3.63) is 53.1 Å². The standard InChI is InChI=1S/C15H14ClFN4O2/c16-10-3-1-4-11(17)14(10)12-9-13(23-20-12)15(22)18-6-8-21-7-2-5-19-21/h1-5,7,13H,6,8-9H2,(H,18,22). The van der Waals surface area contributed by atoms with Gasteiger partial charge in [0.15, 0.2) is 0 Å². The molecule has 6 nitrogen and oxygen atoms in total. The maximum absolute atomic E-state index is 13.9. The predicted octanol–water partition coefficient (Wildman–Crippen LogP) is 1.98. The molecule has 0 aliphatic carbocycles. The molecule has 0 fully saturated rings. The Morgan fingerprint density at radius 3 is 3.09 bits per heavy atom. The van der Waals surface area contributed by atoms with Crippen molar-refractivity contribution in [1.82, 2.24) is 15.1 Å². The summed E-state index contributed by atoms with van der Waals surface area (Å²) in [5, 5.41) is 10.8. The van der Waals surface area contributed by atoms with E-state index in [9.17, 15) is 9.18 Å². The van der Waals surface area contributed by atoms with E-state index in [2.05, 4.69) is 15.6 Å². The lowest BCUT2D eigenvalue weighted by atomic mass is 10.0.